The molecule has 4 heterocycles. The van der Waals surface area contributed by atoms with Crippen molar-refractivity contribution in [1.29, 1.82) is 0 Å². The number of carbonyl (C=O) groups is 1. The molecule has 0 atom stereocenters. The van der Waals surface area contributed by atoms with Crippen LogP contribution in [-0.2, 0) is 24.3 Å². The highest BCUT2D eigenvalue weighted by Gasteiger charge is 2.22. The van der Waals surface area contributed by atoms with Gasteiger partial charge in [0.25, 0.3) is 10.0 Å². The van der Waals surface area contributed by atoms with Crippen molar-refractivity contribution in [1.82, 2.24) is 15.0 Å². The Morgan fingerprint density at radius 2 is 1.95 bits per heavy atom. The fourth-order valence-electron chi connectivity index (χ4n) is 3.93. The number of ether oxygens (including phenoxy) is 3. The van der Waals surface area contributed by atoms with Crippen molar-refractivity contribution in [2.45, 2.75) is 4.90 Å². The lowest BCUT2D eigenvalue weighted by Crippen LogP contribution is -2.36. The van der Waals surface area contributed by atoms with Gasteiger partial charge in [0.15, 0.2) is 11.6 Å². The Bertz CT molecular complexity index is 1630. The smallest absolute Gasteiger partial charge is 0.330 e. The molecule has 3 aromatic heterocycles. The van der Waals surface area contributed by atoms with Crippen molar-refractivity contribution in [3.05, 3.63) is 60.3 Å². The number of pyridine rings is 1. The number of nitrogens with one attached hydrogen (secondary N) is 1. The van der Waals surface area contributed by atoms with E-state index in [1.54, 1.807) is 37.6 Å². The molecule has 1 aromatic carbocycles. The molecule has 0 unspecified atom stereocenters. The summed E-state index contributed by atoms with van der Waals surface area (Å²) in [7, 11) is -1.11. The normalized spacial score (nSPS) is 14.1. The summed E-state index contributed by atoms with van der Waals surface area (Å²) in [6.07, 6.45) is 4.36. The van der Waals surface area contributed by atoms with Crippen molar-refractivity contribution in [2.24, 2.45) is 0 Å². The molecule has 11 nitrogen and oxygen atoms in total. The lowest BCUT2D eigenvalue weighted by molar-refractivity contribution is -0.134. The molecule has 39 heavy (non-hydrogen) atoms. The number of esters is 1. The molecule has 1 fully saturated rings. The minimum absolute atomic E-state index is 0.0523. The Kier molecular flexibility index (Phi) is 7.72. The highest BCUT2D eigenvalue weighted by molar-refractivity contribution is 7.93. The lowest BCUT2D eigenvalue weighted by Gasteiger charge is -2.28. The van der Waals surface area contributed by atoms with Gasteiger partial charge in [-0.1, -0.05) is 12.1 Å². The second-order valence-electron chi connectivity index (χ2n) is 8.42. The summed E-state index contributed by atoms with van der Waals surface area (Å²) in [6, 6.07) is 11.5. The van der Waals surface area contributed by atoms with Gasteiger partial charge in [0, 0.05) is 37.0 Å². The SMILES string of the molecule is COC(=O)C=Cc1cccc(S(=O)(=O)Nc2cc3nc(-c4ccc(OC)nc4)nc(N4CCOCC4)c3s2)c1. The maximum atomic E-state index is 13.3. The largest absolute Gasteiger partial charge is 0.481 e. The van der Waals surface area contributed by atoms with E-state index < -0.39 is 16.0 Å². The molecule has 202 valence electrons. The lowest BCUT2D eigenvalue weighted by atomic mass is 10.2. The maximum absolute atomic E-state index is 13.3. The molecule has 0 amide bonds. The summed E-state index contributed by atoms with van der Waals surface area (Å²) in [5.74, 6) is 1.12. The predicted octanol–water partition coefficient (Wildman–Crippen LogP) is 3.59. The Morgan fingerprint density at radius 3 is 2.67 bits per heavy atom. The van der Waals surface area contributed by atoms with Gasteiger partial charge in [0.1, 0.15) is 5.00 Å². The van der Waals surface area contributed by atoms with Gasteiger partial charge in [-0.05, 0) is 35.9 Å². The number of methoxy groups -OCH3 is 2. The average molecular weight is 568 g/mol. The topological polar surface area (TPSA) is 133 Å². The van der Waals surface area contributed by atoms with Crippen LogP contribution in [0.2, 0.25) is 0 Å². The third-order valence-corrected chi connectivity index (χ3v) is 8.41. The number of hydrogen-bond donors (Lipinski definition) is 1. The highest BCUT2D eigenvalue weighted by Crippen LogP contribution is 2.37. The van der Waals surface area contributed by atoms with Crippen LogP contribution in [0.15, 0.2) is 59.6 Å². The minimum atomic E-state index is -3.93. The third-order valence-electron chi connectivity index (χ3n) is 5.88. The molecule has 1 aliphatic heterocycles. The van der Waals surface area contributed by atoms with Gasteiger partial charge < -0.3 is 19.1 Å². The Labute approximate surface area is 229 Å². The van der Waals surface area contributed by atoms with Crippen LogP contribution in [0.3, 0.4) is 0 Å². The number of hydrogen-bond acceptors (Lipinski definition) is 11. The van der Waals surface area contributed by atoms with Crippen LogP contribution in [0.4, 0.5) is 10.8 Å². The minimum Gasteiger partial charge on any atom is -0.481 e. The first kappa shape index (κ1) is 26.5. The van der Waals surface area contributed by atoms with Gasteiger partial charge in [-0.25, -0.2) is 28.2 Å². The Balaban J connectivity index is 1.50. The molecule has 1 aliphatic rings. The molecule has 0 aliphatic carbocycles. The average Bonchev–Trinajstić information content (AvgIpc) is 3.37. The zero-order chi connectivity index (χ0) is 27.4. The van der Waals surface area contributed by atoms with E-state index in [-0.39, 0.29) is 4.90 Å². The number of anilines is 2. The number of aromatic nitrogens is 3. The van der Waals surface area contributed by atoms with E-state index in [0.717, 1.165) is 4.70 Å². The summed E-state index contributed by atoms with van der Waals surface area (Å²) in [4.78, 5) is 27.4. The van der Waals surface area contributed by atoms with E-state index in [1.807, 2.05) is 6.07 Å². The molecule has 5 rings (SSSR count). The fourth-order valence-corrected chi connectivity index (χ4v) is 6.28. The molecular formula is C26H25N5O6S2. The van der Waals surface area contributed by atoms with Crippen LogP contribution in [0.25, 0.3) is 27.7 Å². The second-order valence-corrected chi connectivity index (χ2v) is 11.2. The molecule has 4 aromatic rings. The predicted molar refractivity (Wildman–Crippen MR) is 149 cm³/mol. The van der Waals surface area contributed by atoms with Gasteiger partial charge in [-0.2, -0.15) is 0 Å². The van der Waals surface area contributed by atoms with Crippen LogP contribution >= 0.6 is 11.3 Å². The van der Waals surface area contributed by atoms with Gasteiger partial charge in [0.2, 0.25) is 5.88 Å². The fraction of sp³-hybridized carbons (Fsp3) is 0.231. The van der Waals surface area contributed by atoms with Crippen molar-refractivity contribution in [3.63, 3.8) is 0 Å². The zero-order valence-electron chi connectivity index (χ0n) is 21.2. The second kappa shape index (κ2) is 11.4. The summed E-state index contributed by atoms with van der Waals surface area (Å²) < 4.78 is 45.2. The molecule has 0 radical (unpaired) electrons. The molecule has 0 saturated carbocycles. The number of morpholine rings is 1. The first-order valence-electron chi connectivity index (χ1n) is 11.9. The number of nitrogens with zero attached hydrogens (tertiary/aromatic N) is 4. The third kappa shape index (κ3) is 6.00. The van der Waals surface area contributed by atoms with Gasteiger partial charge in [-0.15, -0.1) is 11.3 Å². The standard InChI is InChI=1S/C26H25N5O6S2/c1-35-21-8-7-18(16-27-21)25-28-20-15-22(38-24(20)26(29-25)31-10-12-37-13-11-31)30-39(33,34)19-5-3-4-17(14-19)6-9-23(32)36-2/h3-9,14-16,30H,10-13H2,1-2H3. The number of sulfonamides is 1. The molecule has 13 heteroatoms. The highest BCUT2D eigenvalue weighted by atomic mass is 32.2. The van der Waals surface area contributed by atoms with E-state index in [1.165, 1.54) is 42.7 Å². The van der Waals surface area contributed by atoms with Crippen LogP contribution in [0.1, 0.15) is 5.56 Å². The van der Waals surface area contributed by atoms with E-state index in [2.05, 4.69) is 19.3 Å². The number of rotatable bonds is 8. The van der Waals surface area contributed by atoms with Crippen LogP contribution in [0.5, 0.6) is 5.88 Å². The molecule has 0 bridgehead atoms. The number of benzene rings is 1. The summed E-state index contributed by atoms with van der Waals surface area (Å²) in [6.45, 7) is 2.43. The van der Waals surface area contributed by atoms with Crippen molar-refractivity contribution in [2.75, 3.05) is 50.1 Å². The van der Waals surface area contributed by atoms with E-state index in [9.17, 15) is 13.2 Å². The summed E-state index contributed by atoms with van der Waals surface area (Å²) in [5.41, 5.74) is 1.85. The van der Waals surface area contributed by atoms with Crippen LogP contribution in [0, 0.1) is 0 Å². The van der Waals surface area contributed by atoms with Crippen LogP contribution < -0.4 is 14.4 Å². The molecule has 1 N–H and O–H groups in total. The molecule has 0 spiro atoms. The zero-order valence-corrected chi connectivity index (χ0v) is 22.8. The first-order valence-corrected chi connectivity index (χ1v) is 14.2. The Hall–Kier alpha value is -4.07. The summed E-state index contributed by atoms with van der Waals surface area (Å²) >= 11 is 1.26. The quantitative estimate of drug-likeness (QED) is 0.249. The van der Waals surface area contributed by atoms with E-state index in [0.29, 0.717) is 65.5 Å². The van der Waals surface area contributed by atoms with Gasteiger partial charge in [-0.3, -0.25) is 4.72 Å². The van der Waals surface area contributed by atoms with E-state index in [4.69, 9.17) is 19.4 Å². The van der Waals surface area contributed by atoms with Crippen LogP contribution in [-0.4, -0.2) is 69.9 Å². The van der Waals surface area contributed by atoms with Crippen molar-refractivity contribution in [3.8, 4) is 17.3 Å². The Morgan fingerprint density at radius 1 is 1.13 bits per heavy atom. The molecular weight excluding hydrogens is 542 g/mol. The molecule has 1 saturated heterocycles. The van der Waals surface area contributed by atoms with Crippen molar-refractivity contribution < 1.29 is 27.4 Å². The monoisotopic (exact) mass is 567 g/mol. The van der Waals surface area contributed by atoms with Gasteiger partial charge in [0.05, 0.1) is 42.5 Å². The summed E-state index contributed by atoms with van der Waals surface area (Å²) in [5, 5.41) is 0.398. The van der Waals surface area contributed by atoms with Crippen molar-refractivity contribution >= 4 is 54.4 Å². The number of thiophene rings is 1. The maximum Gasteiger partial charge on any atom is 0.330 e. The van der Waals surface area contributed by atoms with E-state index >= 15 is 0 Å². The number of fused-ring (bicyclic) bond motifs is 1. The van der Waals surface area contributed by atoms with Gasteiger partial charge >= 0.3 is 5.97 Å². The first-order chi connectivity index (χ1) is 18.9. The number of carbonyl (C=O) groups excluding carboxylic acids is 1.